The minimum Gasteiger partial charge on any atom is -0.241 e. The van der Waals surface area contributed by atoms with Gasteiger partial charge in [0, 0.05) is 11.3 Å². The van der Waals surface area contributed by atoms with Crippen molar-refractivity contribution in [2.75, 3.05) is 0 Å². The Morgan fingerprint density at radius 2 is 1.39 bits per heavy atom. The highest BCUT2D eigenvalue weighted by Crippen LogP contribution is 2.49. The van der Waals surface area contributed by atoms with Crippen LogP contribution in [-0.2, 0) is 0 Å². The van der Waals surface area contributed by atoms with Crippen molar-refractivity contribution < 1.29 is 43.9 Å². The van der Waals surface area contributed by atoms with E-state index < -0.39 is 62.3 Å². The van der Waals surface area contributed by atoms with E-state index >= 15 is 0 Å². The molecular weight excluding hydrogens is 352 g/mol. The summed E-state index contributed by atoms with van der Waals surface area (Å²) < 4.78 is 126. The molecule has 3 nitrogen and oxygen atoms in total. The third kappa shape index (κ3) is 5.63. The molecule has 1 atom stereocenters. The standard InChI is InChI=1S/C10H11F10N3/c11-6(4-2-1-3-5-7(12,13)14)8(15,16)9(17,18)10(19,20)22-23-21/h6H,1-5H2. The molecule has 0 fully saturated rings. The Balaban J connectivity index is 4.71. The molecular formula is C10H11F10N3. The second-order valence-electron chi connectivity index (χ2n) is 4.61. The van der Waals surface area contributed by atoms with Crippen molar-refractivity contribution in [3.05, 3.63) is 10.4 Å². The quantitative estimate of drug-likeness (QED) is 0.120. The van der Waals surface area contributed by atoms with Crippen LogP contribution >= 0.6 is 0 Å². The maximum atomic E-state index is 13.2. The number of alkyl halides is 10. The Labute approximate surface area is 123 Å². The average molecular weight is 363 g/mol. The monoisotopic (exact) mass is 363 g/mol. The Morgan fingerprint density at radius 1 is 0.870 bits per heavy atom. The summed E-state index contributed by atoms with van der Waals surface area (Å²) in [6.07, 6.45) is -12.5. The molecule has 13 heteroatoms. The summed E-state index contributed by atoms with van der Waals surface area (Å²) in [6, 6.07) is -5.87. The zero-order valence-corrected chi connectivity index (χ0v) is 11.2. The van der Waals surface area contributed by atoms with Crippen LogP contribution in [0, 0.1) is 0 Å². The summed E-state index contributed by atoms with van der Waals surface area (Å²) in [4.78, 5) is 1.29. The molecule has 0 amide bonds. The van der Waals surface area contributed by atoms with Gasteiger partial charge in [0.1, 0.15) is 0 Å². The summed E-state index contributed by atoms with van der Waals surface area (Å²) in [5.74, 6) is -12.2. The molecule has 0 aliphatic rings. The molecule has 136 valence electrons. The number of rotatable bonds is 9. The molecule has 0 saturated carbocycles. The van der Waals surface area contributed by atoms with E-state index in [0.29, 0.717) is 0 Å². The van der Waals surface area contributed by atoms with Crippen LogP contribution in [-0.4, -0.2) is 30.2 Å². The van der Waals surface area contributed by atoms with E-state index in [1.54, 1.807) is 0 Å². The molecule has 0 aliphatic carbocycles. The average Bonchev–Trinajstić information content (AvgIpc) is 2.36. The van der Waals surface area contributed by atoms with Gasteiger partial charge in [-0.05, 0) is 23.5 Å². The second kappa shape index (κ2) is 7.45. The predicted molar refractivity (Wildman–Crippen MR) is 58.0 cm³/mol. The van der Waals surface area contributed by atoms with Crippen molar-refractivity contribution in [1.82, 2.24) is 0 Å². The molecule has 0 aromatic heterocycles. The lowest BCUT2D eigenvalue weighted by Gasteiger charge is -2.32. The van der Waals surface area contributed by atoms with Crippen LogP contribution in [0.5, 0.6) is 0 Å². The van der Waals surface area contributed by atoms with Gasteiger partial charge < -0.3 is 0 Å². The first-order chi connectivity index (χ1) is 10.2. The highest BCUT2D eigenvalue weighted by atomic mass is 19.4. The van der Waals surface area contributed by atoms with Crippen molar-refractivity contribution in [2.24, 2.45) is 5.11 Å². The van der Waals surface area contributed by atoms with Crippen LogP contribution in [0.1, 0.15) is 32.1 Å². The highest BCUT2D eigenvalue weighted by Gasteiger charge is 2.74. The zero-order valence-electron chi connectivity index (χ0n) is 11.2. The molecule has 0 aromatic rings. The molecule has 0 heterocycles. The smallest absolute Gasteiger partial charge is 0.241 e. The van der Waals surface area contributed by atoms with Crippen molar-refractivity contribution >= 4 is 0 Å². The molecule has 0 bridgehead atoms. The number of nitrogens with zero attached hydrogens (tertiary/aromatic N) is 3. The van der Waals surface area contributed by atoms with Crippen LogP contribution in [0.4, 0.5) is 43.9 Å². The van der Waals surface area contributed by atoms with Crippen LogP contribution in [0.15, 0.2) is 5.11 Å². The summed E-state index contributed by atoms with van der Waals surface area (Å²) in [5, 5.41) is 1.24. The van der Waals surface area contributed by atoms with Gasteiger partial charge in [0.25, 0.3) is 0 Å². The maximum Gasteiger partial charge on any atom is 0.393 e. The minimum atomic E-state index is -6.29. The SMILES string of the molecule is [N-]=[N+]=NC(F)(F)C(F)(F)C(F)(F)C(F)CCCCCC(F)(F)F. The lowest BCUT2D eigenvalue weighted by Crippen LogP contribution is -2.57. The predicted octanol–water partition coefficient (Wildman–Crippen LogP) is 6.01. The number of hydrogen-bond acceptors (Lipinski definition) is 1. The second-order valence-corrected chi connectivity index (χ2v) is 4.61. The normalized spacial score (nSPS) is 15.2. The van der Waals surface area contributed by atoms with E-state index in [9.17, 15) is 43.9 Å². The van der Waals surface area contributed by atoms with Gasteiger partial charge in [-0.3, -0.25) is 0 Å². The topological polar surface area (TPSA) is 48.8 Å². The van der Waals surface area contributed by atoms with Gasteiger partial charge in [-0.1, -0.05) is 12.8 Å². The Bertz CT molecular complexity index is 427. The van der Waals surface area contributed by atoms with Gasteiger partial charge in [-0.25, -0.2) is 4.39 Å². The number of unbranched alkanes of at least 4 members (excludes halogenated alkanes) is 2. The lowest BCUT2D eigenvalue weighted by atomic mass is 9.99. The number of halogens is 10. The minimum absolute atomic E-state index is 0.408. The van der Waals surface area contributed by atoms with Gasteiger partial charge >= 0.3 is 24.1 Å². The molecule has 0 rings (SSSR count). The first-order valence-electron chi connectivity index (χ1n) is 6.09. The van der Waals surface area contributed by atoms with E-state index in [1.165, 1.54) is 10.0 Å². The molecule has 0 spiro atoms. The first-order valence-corrected chi connectivity index (χ1v) is 6.09. The number of azide groups is 1. The zero-order chi connectivity index (χ0) is 18.5. The van der Waals surface area contributed by atoms with Crippen molar-refractivity contribution in [3.63, 3.8) is 0 Å². The molecule has 1 unspecified atom stereocenters. The van der Waals surface area contributed by atoms with E-state index in [2.05, 4.69) is 0 Å². The molecule has 0 radical (unpaired) electrons. The van der Waals surface area contributed by atoms with Crippen molar-refractivity contribution in [1.29, 1.82) is 0 Å². The van der Waals surface area contributed by atoms with E-state index in [0.717, 1.165) is 0 Å². The lowest BCUT2D eigenvalue weighted by molar-refractivity contribution is -0.323. The molecule has 0 saturated heterocycles. The fourth-order valence-corrected chi connectivity index (χ4v) is 1.52. The fraction of sp³-hybridized carbons (Fsp3) is 1.00. The van der Waals surface area contributed by atoms with Crippen LogP contribution in [0.25, 0.3) is 10.4 Å². The van der Waals surface area contributed by atoms with Crippen molar-refractivity contribution in [2.45, 2.75) is 62.3 Å². The Morgan fingerprint density at radius 3 is 1.83 bits per heavy atom. The molecule has 0 N–H and O–H groups in total. The van der Waals surface area contributed by atoms with Gasteiger partial charge in [0.05, 0.1) is 0 Å². The largest absolute Gasteiger partial charge is 0.393 e. The van der Waals surface area contributed by atoms with E-state index in [-0.39, 0.29) is 0 Å². The van der Waals surface area contributed by atoms with Crippen LogP contribution in [0.2, 0.25) is 0 Å². The Kier molecular flexibility index (Phi) is 7.00. The Hall–Kier alpha value is -1.39. The van der Waals surface area contributed by atoms with Gasteiger partial charge in [0.15, 0.2) is 6.17 Å². The first kappa shape index (κ1) is 21.6. The van der Waals surface area contributed by atoms with Gasteiger partial charge in [-0.15, -0.1) is 0 Å². The van der Waals surface area contributed by atoms with Crippen molar-refractivity contribution in [3.8, 4) is 0 Å². The summed E-state index contributed by atoms with van der Waals surface area (Å²) in [7, 11) is 0. The van der Waals surface area contributed by atoms with Crippen LogP contribution in [0.3, 0.4) is 0 Å². The highest BCUT2D eigenvalue weighted by molar-refractivity contribution is 4.99. The number of hydrogen-bond donors (Lipinski definition) is 0. The molecule has 0 aromatic carbocycles. The third-order valence-corrected chi connectivity index (χ3v) is 2.78. The van der Waals surface area contributed by atoms with Gasteiger partial charge in [-0.2, -0.15) is 39.5 Å². The maximum absolute atomic E-state index is 13.2. The molecule has 23 heavy (non-hydrogen) atoms. The summed E-state index contributed by atoms with van der Waals surface area (Å²) in [5.41, 5.74) is 7.65. The third-order valence-electron chi connectivity index (χ3n) is 2.78. The van der Waals surface area contributed by atoms with Crippen LogP contribution < -0.4 is 0 Å². The van der Waals surface area contributed by atoms with E-state index in [1.807, 2.05) is 0 Å². The fourth-order valence-electron chi connectivity index (χ4n) is 1.52. The summed E-state index contributed by atoms with van der Waals surface area (Å²) in [6.45, 7) is 0. The summed E-state index contributed by atoms with van der Waals surface area (Å²) >= 11 is 0. The van der Waals surface area contributed by atoms with E-state index in [4.69, 9.17) is 5.53 Å². The van der Waals surface area contributed by atoms with Gasteiger partial charge in [0.2, 0.25) is 0 Å². The molecule has 0 aliphatic heterocycles.